The van der Waals surface area contributed by atoms with E-state index in [1.807, 2.05) is 0 Å². The molecule has 0 spiro atoms. The van der Waals surface area contributed by atoms with E-state index < -0.39 is 0 Å². The van der Waals surface area contributed by atoms with Crippen LogP contribution >= 0.6 is 0 Å². The molecule has 1 heterocycles. The quantitative estimate of drug-likeness (QED) is 0.896. The summed E-state index contributed by atoms with van der Waals surface area (Å²) in [4.78, 5) is 14.3. The van der Waals surface area contributed by atoms with Gasteiger partial charge in [0.2, 0.25) is 5.91 Å². The zero-order chi connectivity index (χ0) is 14.4. The zero-order valence-corrected chi connectivity index (χ0v) is 11.9. The van der Waals surface area contributed by atoms with Gasteiger partial charge in [0.15, 0.2) is 0 Å². The van der Waals surface area contributed by atoms with Gasteiger partial charge in [-0.05, 0) is 57.5 Å². The predicted octanol–water partition coefficient (Wildman–Crippen LogP) is 2.76. The molecule has 1 fully saturated rings. The lowest BCUT2D eigenvalue weighted by Gasteiger charge is -2.20. The largest absolute Gasteiger partial charge is 0.326 e. The van der Waals surface area contributed by atoms with Gasteiger partial charge in [-0.2, -0.15) is 5.26 Å². The standard InChI is InChI=1S/C16H21N3O/c1-13-5-3-9-19(13)10-4-8-16(20)18-15-7-2-6-14(11-15)12-17/h2,6-7,11,13H,3-5,8-10H2,1H3,(H,18,20). The minimum Gasteiger partial charge on any atom is -0.326 e. The predicted molar refractivity (Wildman–Crippen MR) is 79.3 cm³/mol. The van der Waals surface area contributed by atoms with Crippen LogP contribution in [0.5, 0.6) is 0 Å². The normalized spacial score (nSPS) is 18.7. The molecule has 1 N–H and O–H groups in total. The fraction of sp³-hybridized carbons (Fsp3) is 0.500. The van der Waals surface area contributed by atoms with Crippen LogP contribution in [-0.4, -0.2) is 29.9 Å². The Morgan fingerprint density at radius 3 is 3.10 bits per heavy atom. The van der Waals surface area contributed by atoms with Gasteiger partial charge in [0.1, 0.15) is 0 Å². The number of rotatable bonds is 5. The van der Waals surface area contributed by atoms with Crippen LogP contribution in [0.3, 0.4) is 0 Å². The van der Waals surface area contributed by atoms with Gasteiger partial charge in [0, 0.05) is 18.2 Å². The van der Waals surface area contributed by atoms with Crippen molar-refractivity contribution in [2.24, 2.45) is 0 Å². The van der Waals surface area contributed by atoms with Crippen molar-refractivity contribution in [1.82, 2.24) is 4.90 Å². The monoisotopic (exact) mass is 271 g/mol. The molecule has 1 aromatic rings. The summed E-state index contributed by atoms with van der Waals surface area (Å²) in [5.74, 6) is 0.0203. The van der Waals surface area contributed by atoms with Crippen LogP contribution < -0.4 is 5.32 Å². The van der Waals surface area contributed by atoms with Gasteiger partial charge in [-0.25, -0.2) is 0 Å². The molecule has 4 nitrogen and oxygen atoms in total. The molecule has 1 aliphatic heterocycles. The lowest BCUT2D eigenvalue weighted by atomic mass is 10.2. The van der Waals surface area contributed by atoms with Crippen molar-refractivity contribution in [3.63, 3.8) is 0 Å². The van der Waals surface area contributed by atoms with Crippen molar-refractivity contribution in [2.45, 2.75) is 38.6 Å². The molecule has 0 saturated carbocycles. The topological polar surface area (TPSA) is 56.1 Å². The number of likely N-dealkylation sites (tertiary alicyclic amines) is 1. The second-order valence-corrected chi connectivity index (χ2v) is 5.37. The van der Waals surface area contributed by atoms with E-state index in [1.165, 1.54) is 12.8 Å². The number of carbonyl (C=O) groups excluding carboxylic acids is 1. The van der Waals surface area contributed by atoms with Crippen molar-refractivity contribution in [3.05, 3.63) is 29.8 Å². The molecule has 1 atom stereocenters. The molecule has 1 aromatic carbocycles. The molecule has 1 amide bonds. The van der Waals surface area contributed by atoms with E-state index in [-0.39, 0.29) is 5.91 Å². The van der Waals surface area contributed by atoms with Gasteiger partial charge in [-0.15, -0.1) is 0 Å². The maximum absolute atomic E-state index is 11.9. The van der Waals surface area contributed by atoms with Crippen molar-refractivity contribution >= 4 is 11.6 Å². The third-order valence-electron chi connectivity index (χ3n) is 3.82. The highest BCUT2D eigenvalue weighted by atomic mass is 16.1. The van der Waals surface area contributed by atoms with E-state index in [0.29, 0.717) is 23.7 Å². The highest BCUT2D eigenvalue weighted by Gasteiger charge is 2.19. The maximum atomic E-state index is 11.9. The fourth-order valence-electron chi connectivity index (χ4n) is 2.66. The van der Waals surface area contributed by atoms with Crippen LogP contribution in [0.4, 0.5) is 5.69 Å². The van der Waals surface area contributed by atoms with Crippen molar-refractivity contribution in [2.75, 3.05) is 18.4 Å². The highest BCUT2D eigenvalue weighted by Crippen LogP contribution is 2.17. The van der Waals surface area contributed by atoms with E-state index in [0.717, 1.165) is 19.5 Å². The molecule has 20 heavy (non-hydrogen) atoms. The van der Waals surface area contributed by atoms with Crippen LogP contribution in [-0.2, 0) is 4.79 Å². The third kappa shape index (κ3) is 4.07. The van der Waals surface area contributed by atoms with Gasteiger partial charge in [0.05, 0.1) is 11.6 Å². The first-order chi connectivity index (χ1) is 9.69. The van der Waals surface area contributed by atoms with E-state index >= 15 is 0 Å². The summed E-state index contributed by atoms with van der Waals surface area (Å²) in [6, 6.07) is 9.73. The van der Waals surface area contributed by atoms with Crippen LogP contribution in [0.15, 0.2) is 24.3 Å². The average molecular weight is 271 g/mol. The number of nitrogens with one attached hydrogen (secondary N) is 1. The lowest BCUT2D eigenvalue weighted by Crippen LogP contribution is -2.28. The Hall–Kier alpha value is -1.86. The van der Waals surface area contributed by atoms with E-state index in [4.69, 9.17) is 5.26 Å². The first-order valence-electron chi connectivity index (χ1n) is 7.23. The molecule has 1 saturated heterocycles. The van der Waals surface area contributed by atoms with Gasteiger partial charge in [0.25, 0.3) is 0 Å². The second kappa shape index (κ2) is 7.06. The summed E-state index contributed by atoms with van der Waals surface area (Å²) >= 11 is 0. The Bertz CT molecular complexity index is 507. The van der Waals surface area contributed by atoms with Gasteiger partial charge >= 0.3 is 0 Å². The summed E-state index contributed by atoms with van der Waals surface area (Å²) in [7, 11) is 0. The molecule has 0 aliphatic carbocycles. The van der Waals surface area contributed by atoms with Crippen molar-refractivity contribution in [3.8, 4) is 6.07 Å². The average Bonchev–Trinajstić information content (AvgIpc) is 2.85. The third-order valence-corrected chi connectivity index (χ3v) is 3.82. The minimum atomic E-state index is 0.0203. The summed E-state index contributed by atoms with van der Waals surface area (Å²) in [6.07, 6.45) is 3.95. The number of benzene rings is 1. The molecule has 106 valence electrons. The van der Waals surface area contributed by atoms with E-state index in [1.54, 1.807) is 24.3 Å². The van der Waals surface area contributed by atoms with Crippen LogP contribution in [0, 0.1) is 11.3 Å². The first-order valence-corrected chi connectivity index (χ1v) is 7.23. The molecule has 0 bridgehead atoms. The van der Waals surface area contributed by atoms with Crippen LogP contribution in [0.25, 0.3) is 0 Å². The molecule has 0 radical (unpaired) electrons. The van der Waals surface area contributed by atoms with Crippen LogP contribution in [0.2, 0.25) is 0 Å². The summed E-state index contributed by atoms with van der Waals surface area (Å²) in [5.41, 5.74) is 1.26. The first kappa shape index (κ1) is 14.5. The van der Waals surface area contributed by atoms with Crippen molar-refractivity contribution in [1.29, 1.82) is 5.26 Å². The number of hydrogen-bond acceptors (Lipinski definition) is 3. The Labute approximate surface area is 120 Å². The Morgan fingerprint density at radius 1 is 1.55 bits per heavy atom. The Morgan fingerprint density at radius 2 is 2.40 bits per heavy atom. The SMILES string of the molecule is CC1CCCN1CCCC(=O)Nc1cccc(C#N)c1. The van der Waals surface area contributed by atoms with Crippen molar-refractivity contribution < 1.29 is 4.79 Å². The van der Waals surface area contributed by atoms with Crippen LogP contribution in [0.1, 0.15) is 38.2 Å². The number of hydrogen-bond donors (Lipinski definition) is 1. The van der Waals surface area contributed by atoms with Gasteiger partial charge in [-0.3, -0.25) is 4.79 Å². The molecule has 2 rings (SSSR count). The number of nitriles is 1. The van der Waals surface area contributed by atoms with E-state index in [9.17, 15) is 4.79 Å². The molecule has 1 unspecified atom stereocenters. The lowest BCUT2D eigenvalue weighted by molar-refractivity contribution is -0.116. The molecular weight excluding hydrogens is 250 g/mol. The summed E-state index contributed by atoms with van der Waals surface area (Å²) < 4.78 is 0. The highest BCUT2D eigenvalue weighted by molar-refractivity contribution is 5.90. The number of carbonyl (C=O) groups is 1. The zero-order valence-electron chi connectivity index (χ0n) is 11.9. The Balaban J connectivity index is 1.73. The molecule has 1 aliphatic rings. The number of anilines is 1. The molecule has 0 aromatic heterocycles. The van der Waals surface area contributed by atoms with Gasteiger partial charge < -0.3 is 10.2 Å². The fourth-order valence-corrected chi connectivity index (χ4v) is 2.66. The minimum absolute atomic E-state index is 0.0203. The second-order valence-electron chi connectivity index (χ2n) is 5.37. The molecular formula is C16H21N3O. The maximum Gasteiger partial charge on any atom is 0.224 e. The Kier molecular flexibility index (Phi) is 5.14. The summed E-state index contributed by atoms with van der Waals surface area (Å²) in [5, 5.41) is 11.7. The van der Waals surface area contributed by atoms with Gasteiger partial charge in [-0.1, -0.05) is 6.07 Å². The number of nitrogens with zero attached hydrogens (tertiary/aromatic N) is 2. The number of amides is 1. The molecule has 4 heteroatoms. The van der Waals surface area contributed by atoms with E-state index in [2.05, 4.69) is 23.2 Å². The summed E-state index contributed by atoms with van der Waals surface area (Å²) in [6.45, 7) is 4.40. The smallest absolute Gasteiger partial charge is 0.224 e.